The quantitative estimate of drug-likeness (QED) is 0.224. The Bertz CT molecular complexity index is 1820. The Morgan fingerprint density at radius 2 is 1.10 bits per heavy atom. The second-order valence-electron chi connectivity index (χ2n) is 10.8. The van der Waals surface area contributed by atoms with Crippen LogP contribution in [-0.4, -0.2) is 23.5 Å². The highest BCUT2D eigenvalue weighted by Crippen LogP contribution is 2.55. The zero-order valence-corrected chi connectivity index (χ0v) is 22.7. The van der Waals surface area contributed by atoms with Gasteiger partial charge < -0.3 is 4.55 Å². The molecule has 1 atom stereocenters. The van der Waals surface area contributed by atoms with Crippen LogP contribution in [0.3, 0.4) is 0 Å². The molecular formula is C32H26N2O3S2. The van der Waals surface area contributed by atoms with Gasteiger partial charge in [-0.2, -0.15) is 0 Å². The first kappa shape index (κ1) is 23.4. The third-order valence-corrected chi connectivity index (χ3v) is 11.5. The van der Waals surface area contributed by atoms with E-state index in [2.05, 4.69) is 64.0 Å². The highest BCUT2D eigenvalue weighted by molar-refractivity contribution is 7.93. The van der Waals surface area contributed by atoms with Crippen LogP contribution in [0.4, 0.5) is 11.4 Å². The summed E-state index contributed by atoms with van der Waals surface area (Å²) in [6.07, 6.45) is 3.45. The van der Waals surface area contributed by atoms with Crippen molar-refractivity contribution in [2.45, 2.75) is 36.2 Å². The summed E-state index contributed by atoms with van der Waals surface area (Å²) in [6.45, 7) is 0. The van der Waals surface area contributed by atoms with Crippen LogP contribution in [0.2, 0.25) is 0 Å². The van der Waals surface area contributed by atoms with E-state index < -0.39 is 21.4 Å². The minimum Gasteiger partial charge on any atom is -0.593 e. The summed E-state index contributed by atoms with van der Waals surface area (Å²) in [7, 11) is -3.38. The molecule has 0 heterocycles. The van der Waals surface area contributed by atoms with Crippen molar-refractivity contribution in [2.24, 2.45) is 0 Å². The van der Waals surface area contributed by atoms with Crippen LogP contribution in [0.1, 0.15) is 47.9 Å². The van der Waals surface area contributed by atoms with Gasteiger partial charge in [-0.1, -0.05) is 60.7 Å². The predicted molar refractivity (Wildman–Crippen MR) is 159 cm³/mol. The van der Waals surface area contributed by atoms with Crippen molar-refractivity contribution in [3.63, 3.8) is 0 Å². The fourth-order valence-corrected chi connectivity index (χ4v) is 8.38. The first-order valence-electron chi connectivity index (χ1n) is 13.4. The third kappa shape index (κ3) is 3.83. The number of benzene rings is 4. The Balaban J connectivity index is 1.35. The fraction of sp³-hybridized carbons (Fsp3) is 0.188. The van der Waals surface area contributed by atoms with Gasteiger partial charge in [-0.05, 0) is 92.8 Å². The normalized spacial score (nSPS) is 19.6. The molecule has 8 rings (SSSR count). The van der Waals surface area contributed by atoms with Crippen molar-refractivity contribution in [1.29, 1.82) is 0 Å². The van der Waals surface area contributed by atoms with Gasteiger partial charge in [-0.3, -0.25) is 4.72 Å². The first-order valence-corrected chi connectivity index (χ1v) is 16.2. The van der Waals surface area contributed by atoms with Crippen LogP contribution < -0.4 is 9.44 Å². The zero-order chi connectivity index (χ0) is 26.3. The van der Waals surface area contributed by atoms with Gasteiger partial charge in [-0.25, -0.2) is 13.1 Å². The van der Waals surface area contributed by atoms with E-state index in [9.17, 15) is 13.0 Å². The summed E-state index contributed by atoms with van der Waals surface area (Å²) in [6, 6.07) is 29.0. The van der Waals surface area contributed by atoms with E-state index in [1.165, 1.54) is 5.56 Å². The molecule has 0 radical (unpaired) electrons. The summed E-state index contributed by atoms with van der Waals surface area (Å²) < 4.78 is 44.3. The Kier molecular flexibility index (Phi) is 5.09. The summed E-state index contributed by atoms with van der Waals surface area (Å²) in [5, 5.41) is -0.0545. The van der Waals surface area contributed by atoms with Gasteiger partial charge in [0.15, 0.2) is 0 Å². The van der Waals surface area contributed by atoms with Gasteiger partial charge in [0.2, 0.25) is 10.0 Å². The summed E-state index contributed by atoms with van der Waals surface area (Å²) in [5.74, 6) is 0. The largest absolute Gasteiger partial charge is 0.593 e. The van der Waals surface area contributed by atoms with Crippen molar-refractivity contribution >= 4 is 43.9 Å². The second-order valence-corrected chi connectivity index (χ2v) is 14.2. The van der Waals surface area contributed by atoms with Crippen LogP contribution in [0.15, 0.2) is 84.9 Å². The lowest BCUT2D eigenvalue weighted by molar-refractivity contribution is 0.598. The molecule has 2 N–H and O–H groups in total. The smallest absolute Gasteiger partial charge is 0.235 e. The van der Waals surface area contributed by atoms with Crippen LogP contribution in [-0.2, 0) is 21.4 Å². The average Bonchev–Trinajstić information content (AvgIpc) is 3.86. The maximum absolute atomic E-state index is 12.8. The molecular weight excluding hydrogens is 524 g/mol. The summed E-state index contributed by atoms with van der Waals surface area (Å²) in [4.78, 5) is 0. The molecule has 194 valence electrons. The minimum absolute atomic E-state index is 0.236. The molecule has 0 aromatic heterocycles. The number of rotatable bonds is 6. The van der Waals surface area contributed by atoms with E-state index in [1.807, 2.05) is 30.3 Å². The Morgan fingerprint density at radius 3 is 1.64 bits per heavy atom. The lowest BCUT2D eigenvalue weighted by atomic mass is 9.91. The van der Waals surface area contributed by atoms with Gasteiger partial charge in [0, 0.05) is 18.5 Å². The van der Waals surface area contributed by atoms with E-state index in [4.69, 9.17) is 0 Å². The number of hydrogen-bond donors (Lipinski definition) is 2. The molecule has 1 unspecified atom stereocenters. The van der Waals surface area contributed by atoms with E-state index in [0.717, 1.165) is 81.5 Å². The molecule has 4 aliphatic rings. The monoisotopic (exact) mass is 550 g/mol. The first-order chi connectivity index (χ1) is 19.0. The average molecular weight is 551 g/mol. The topological polar surface area (TPSA) is 81.3 Å². The van der Waals surface area contributed by atoms with Gasteiger partial charge in [0.1, 0.15) is 5.25 Å². The molecule has 0 bridgehead atoms. The second kappa shape index (κ2) is 8.49. The Morgan fingerprint density at radius 1 is 0.615 bits per heavy atom. The lowest BCUT2D eigenvalue weighted by Crippen LogP contribution is -2.17. The van der Waals surface area contributed by atoms with Gasteiger partial charge in [0.25, 0.3) is 0 Å². The number of sulfonamides is 1. The number of fused-ring (bicyclic) bond motifs is 6. The maximum atomic E-state index is 12.8. The number of anilines is 2. The van der Waals surface area contributed by atoms with Crippen molar-refractivity contribution in [1.82, 2.24) is 0 Å². The number of nitrogens with one attached hydrogen (secondary N) is 2. The molecule has 4 aromatic rings. The zero-order valence-electron chi connectivity index (χ0n) is 21.1. The van der Waals surface area contributed by atoms with Crippen LogP contribution in [0.25, 0.3) is 33.4 Å². The molecule has 4 aliphatic carbocycles. The van der Waals surface area contributed by atoms with Crippen molar-refractivity contribution < 1.29 is 13.0 Å². The van der Waals surface area contributed by atoms with Crippen LogP contribution in [0, 0.1) is 0 Å². The van der Waals surface area contributed by atoms with Gasteiger partial charge in [0.05, 0.1) is 22.3 Å². The SMILES string of the molecule is O=S(=O)(Nc1ccc2c(c1)/C(=C1\c3ccccc3-c3ccc(N[S+]([O-])C4CC4)cc31)c1ccccc1-2)C1CC1. The standard InChI is InChI=1S/C32H26N2O3S2/c35-38(21-11-12-21)33-19-9-15-25-23-5-1-3-7-27(23)31(29(25)17-19)32-28-8-4-2-6-24(28)26-16-10-20(18-30(26)32)34-39(36,37)22-13-14-22/h1-10,15-18,21-22,33-34H,11-14H2/b32-31+. The third-order valence-electron chi connectivity index (χ3n) is 8.07. The predicted octanol–water partition coefficient (Wildman–Crippen LogP) is 6.80. The maximum Gasteiger partial charge on any atom is 0.235 e. The van der Waals surface area contributed by atoms with Crippen molar-refractivity contribution in [3.8, 4) is 22.3 Å². The lowest BCUT2D eigenvalue weighted by Gasteiger charge is -2.15. The van der Waals surface area contributed by atoms with Crippen LogP contribution >= 0.6 is 0 Å². The molecule has 2 fully saturated rings. The molecule has 39 heavy (non-hydrogen) atoms. The van der Waals surface area contributed by atoms with E-state index in [-0.39, 0.29) is 10.5 Å². The number of hydrogen-bond acceptors (Lipinski definition) is 4. The van der Waals surface area contributed by atoms with Gasteiger partial charge >= 0.3 is 0 Å². The fourth-order valence-electron chi connectivity index (χ4n) is 5.91. The molecule has 0 amide bonds. The summed E-state index contributed by atoms with van der Waals surface area (Å²) >= 11 is -1.09. The highest BCUT2D eigenvalue weighted by Gasteiger charge is 2.38. The van der Waals surface area contributed by atoms with Crippen molar-refractivity contribution in [3.05, 3.63) is 107 Å². The van der Waals surface area contributed by atoms with E-state index in [0.29, 0.717) is 5.69 Å². The molecule has 0 aliphatic heterocycles. The molecule has 2 saturated carbocycles. The van der Waals surface area contributed by atoms with Crippen LogP contribution in [0.5, 0.6) is 0 Å². The molecule has 5 nitrogen and oxygen atoms in total. The Labute approximate surface area is 231 Å². The van der Waals surface area contributed by atoms with Gasteiger partial charge in [-0.15, -0.1) is 0 Å². The summed E-state index contributed by atoms with van der Waals surface area (Å²) in [5.41, 5.74) is 12.6. The van der Waals surface area contributed by atoms with E-state index >= 15 is 0 Å². The molecule has 0 saturated heterocycles. The Hall–Kier alpha value is -3.52. The minimum atomic E-state index is -3.38. The van der Waals surface area contributed by atoms with Crippen molar-refractivity contribution in [2.75, 3.05) is 9.44 Å². The van der Waals surface area contributed by atoms with E-state index in [1.54, 1.807) is 0 Å². The molecule has 7 heteroatoms. The molecule has 4 aromatic carbocycles. The highest BCUT2D eigenvalue weighted by atomic mass is 32.2. The molecule has 0 spiro atoms.